The fraction of sp³-hybridized carbons (Fsp3) is 0.0909. The highest BCUT2D eigenvalue weighted by Crippen LogP contribution is 1.94. The van der Waals surface area contributed by atoms with Gasteiger partial charge in [0.25, 0.3) is 0 Å². The SMILES string of the molecule is N#CCc1cc[nH]c1.c1ccncc1. The number of aromatic nitrogens is 2. The molecule has 0 bridgehead atoms. The van der Waals surface area contributed by atoms with Crippen LogP contribution >= 0.6 is 0 Å². The summed E-state index contributed by atoms with van der Waals surface area (Å²) in [6.45, 7) is 0. The van der Waals surface area contributed by atoms with E-state index in [-0.39, 0.29) is 0 Å². The van der Waals surface area contributed by atoms with Crippen molar-refractivity contribution in [1.82, 2.24) is 9.97 Å². The Morgan fingerprint density at radius 2 is 2.07 bits per heavy atom. The molecule has 0 atom stereocenters. The first-order valence-electron chi connectivity index (χ1n) is 4.27. The first-order valence-corrected chi connectivity index (χ1v) is 4.27. The largest absolute Gasteiger partial charge is 0.367 e. The molecule has 1 N–H and O–H groups in total. The van der Waals surface area contributed by atoms with Gasteiger partial charge in [-0.25, -0.2) is 0 Å². The monoisotopic (exact) mass is 185 g/mol. The number of hydrogen-bond donors (Lipinski definition) is 1. The third-order valence-corrected chi connectivity index (χ3v) is 1.51. The Hall–Kier alpha value is -2.08. The lowest BCUT2D eigenvalue weighted by molar-refractivity contribution is 1.26. The van der Waals surface area contributed by atoms with Crippen molar-refractivity contribution in [3.63, 3.8) is 0 Å². The highest BCUT2D eigenvalue weighted by atomic mass is 14.6. The minimum absolute atomic E-state index is 0.503. The molecule has 2 heterocycles. The van der Waals surface area contributed by atoms with Crippen LogP contribution in [0.3, 0.4) is 0 Å². The molecular formula is C11H11N3. The fourth-order valence-corrected chi connectivity index (χ4v) is 0.872. The first kappa shape index (κ1) is 10.0. The summed E-state index contributed by atoms with van der Waals surface area (Å²) >= 11 is 0. The minimum atomic E-state index is 0.503. The number of nitrogens with zero attached hydrogens (tertiary/aromatic N) is 2. The number of pyridine rings is 1. The second-order valence-corrected chi connectivity index (χ2v) is 2.58. The number of aromatic amines is 1. The third kappa shape index (κ3) is 4.07. The molecule has 0 amide bonds. The Labute approximate surface area is 83.0 Å². The molecule has 0 aliphatic heterocycles. The van der Waals surface area contributed by atoms with Gasteiger partial charge in [0.05, 0.1) is 12.5 Å². The van der Waals surface area contributed by atoms with Gasteiger partial charge in [-0.2, -0.15) is 5.26 Å². The Morgan fingerprint density at radius 1 is 1.29 bits per heavy atom. The van der Waals surface area contributed by atoms with Crippen molar-refractivity contribution in [3.05, 3.63) is 54.6 Å². The van der Waals surface area contributed by atoms with Crippen molar-refractivity contribution in [3.8, 4) is 6.07 Å². The van der Waals surface area contributed by atoms with Crippen molar-refractivity contribution < 1.29 is 0 Å². The number of nitrogens with one attached hydrogen (secondary N) is 1. The first-order chi connectivity index (χ1) is 6.93. The van der Waals surface area contributed by atoms with Crippen molar-refractivity contribution in [2.24, 2.45) is 0 Å². The molecule has 0 fully saturated rings. The van der Waals surface area contributed by atoms with E-state index in [1.54, 1.807) is 12.4 Å². The van der Waals surface area contributed by atoms with Gasteiger partial charge in [-0.1, -0.05) is 6.07 Å². The van der Waals surface area contributed by atoms with Crippen LogP contribution in [0.2, 0.25) is 0 Å². The smallest absolute Gasteiger partial charge is 0.0670 e. The zero-order chi connectivity index (χ0) is 10.1. The third-order valence-electron chi connectivity index (χ3n) is 1.51. The summed E-state index contributed by atoms with van der Waals surface area (Å²) in [5.74, 6) is 0. The van der Waals surface area contributed by atoms with E-state index >= 15 is 0 Å². The predicted octanol–water partition coefficient (Wildman–Crippen LogP) is 2.16. The summed E-state index contributed by atoms with van der Waals surface area (Å²) < 4.78 is 0. The number of hydrogen-bond acceptors (Lipinski definition) is 2. The molecule has 0 aliphatic rings. The lowest BCUT2D eigenvalue weighted by Crippen LogP contribution is -1.71. The van der Waals surface area contributed by atoms with Crippen LogP contribution in [0.4, 0.5) is 0 Å². The Balaban J connectivity index is 0.000000146. The lowest BCUT2D eigenvalue weighted by atomic mass is 10.3. The summed E-state index contributed by atoms with van der Waals surface area (Å²) in [5.41, 5.74) is 1.05. The molecule has 0 spiro atoms. The minimum Gasteiger partial charge on any atom is -0.367 e. The van der Waals surface area contributed by atoms with Gasteiger partial charge in [0.15, 0.2) is 0 Å². The average molecular weight is 185 g/mol. The van der Waals surface area contributed by atoms with Gasteiger partial charge in [0.1, 0.15) is 0 Å². The van der Waals surface area contributed by atoms with Crippen LogP contribution in [0.1, 0.15) is 5.56 Å². The van der Waals surface area contributed by atoms with E-state index in [1.165, 1.54) is 0 Å². The summed E-state index contributed by atoms with van der Waals surface area (Å²) in [6.07, 6.45) is 7.64. The molecular weight excluding hydrogens is 174 g/mol. The van der Waals surface area contributed by atoms with Crippen molar-refractivity contribution in [1.29, 1.82) is 5.26 Å². The molecule has 2 aromatic heterocycles. The van der Waals surface area contributed by atoms with Crippen LogP contribution in [0.15, 0.2) is 49.1 Å². The van der Waals surface area contributed by atoms with Gasteiger partial charge in [-0.3, -0.25) is 4.98 Å². The number of rotatable bonds is 1. The van der Waals surface area contributed by atoms with E-state index in [2.05, 4.69) is 16.0 Å². The highest BCUT2D eigenvalue weighted by molar-refractivity contribution is 5.12. The van der Waals surface area contributed by atoms with Crippen LogP contribution in [-0.2, 0) is 6.42 Å². The molecule has 3 heteroatoms. The highest BCUT2D eigenvalue weighted by Gasteiger charge is 1.85. The van der Waals surface area contributed by atoms with Crippen LogP contribution in [0.5, 0.6) is 0 Å². The predicted molar refractivity (Wildman–Crippen MR) is 54.3 cm³/mol. The van der Waals surface area contributed by atoms with Gasteiger partial charge < -0.3 is 4.98 Å². The second-order valence-electron chi connectivity index (χ2n) is 2.58. The van der Waals surface area contributed by atoms with E-state index in [4.69, 9.17) is 5.26 Å². The maximum absolute atomic E-state index is 8.17. The van der Waals surface area contributed by atoms with Gasteiger partial charge in [0, 0.05) is 24.8 Å². The quantitative estimate of drug-likeness (QED) is 0.740. The molecule has 0 saturated carbocycles. The lowest BCUT2D eigenvalue weighted by Gasteiger charge is -1.76. The van der Waals surface area contributed by atoms with Crippen LogP contribution in [-0.4, -0.2) is 9.97 Å². The van der Waals surface area contributed by atoms with E-state index in [0.717, 1.165) is 5.56 Å². The maximum Gasteiger partial charge on any atom is 0.0670 e. The normalized spacial score (nSPS) is 8.21. The zero-order valence-corrected chi connectivity index (χ0v) is 7.72. The van der Waals surface area contributed by atoms with Crippen molar-refractivity contribution in [2.45, 2.75) is 6.42 Å². The molecule has 3 nitrogen and oxygen atoms in total. The molecule has 2 rings (SSSR count). The summed E-state index contributed by atoms with van der Waals surface area (Å²) in [7, 11) is 0. The van der Waals surface area contributed by atoms with Gasteiger partial charge in [0.2, 0.25) is 0 Å². The van der Waals surface area contributed by atoms with E-state index in [0.29, 0.717) is 6.42 Å². The van der Waals surface area contributed by atoms with Gasteiger partial charge in [-0.15, -0.1) is 0 Å². The number of H-pyrrole nitrogens is 1. The van der Waals surface area contributed by atoms with Crippen molar-refractivity contribution in [2.75, 3.05) is 0 Å². The second kappa shape index (κ2) is 6.44. The molecule has 0 aromatic carbocycles. The molecule has 0 saturated heterocycles. The van der Waals surface area contributed by atoms with Crippen LogP contribution in [0, 0.1) is 11.3 Å². The fourth-order valence-electron chi connectivity index (χ4n) is 0.872. The van der Waals surface area contributed by atoms with Crippen LogP contribution in [0.25, 0.3) is 0 Å². The maximum atomic E-state index is 8.17. The van der Waals surface area contributed by atoms with Crippen LogP contribution < -0.4 is 0 Å². The molecule has 70 valence electrons. The standard InChI is InChI=1S/C6H6N2.C5H5N/c7-3-1-6-2-4-8-5-6;1-2-4-6-5-3-1/h2,4-5,8H,1H2;1-5H. The van der Waals surface area contributed by atoms with Gasteiger partial charge in [-0.05, 0) is 23.8 Å². The Bertz CT molecular complexity index is 332. The average Bonchev–Trinajstić information content (AvgIpc) is 2.75. The molecule has 0 radical (unpaired) electrons. The van der Waals surface area contributed by atoms with Gasteiger partial charge >= 0.3 is 0 Å². The molecule has 2 aromatic rings. The zero-order valence-electron chi connectivity index (χ0n) is 7.72. The summed E-state index contributed by atoms with van der Waals surface area (Å²) in [4.78, 5) is 6.65. The van der Waals surface area contributed by atoms with E-state index < -0.39 is 0 Å². The number of nitriles is 1. The van der Waals surface area contributed by atoms with E-state index in [9.17, 15) is 0 Å². The topological polar surface area (TPSA) is 52.5 Å². The summed E-state index contributed by atoms with van der Waals surface area (Å²) in [6, 6.07) is 9.66. The van der Waals surface area contributed by atoms with Crippen molar-refractivity contribution >= 4 is 0 Å². The Kier molecular flexibility index (Phi) is 4.60. The molecule has 14 heavy (non-hydrogen) atoms. The van der Waals surface area contributed by atoms with E-state index in [1.807, 2.05) is 36.7 Å². The summed E-state index contributed by atoms with van der Waals surface area (Å²) in [5, 5.41) is 8.17. The molecule has 0 aliphatic carbocycles. The molecule has 0 unspecified atom stereocenters. The Morgan fingerprint density at radius 3 is 2.43 bits per heavy atom.